The normalized spacial score (nSPS) is 10.2. The molecule has 0 amide bonds. The molecule has 0 fully saturated rings. The van der Waals surface area contributed by atoms with E-state index in [1.165, 1.54) is 11.3 Å². The summed E-state index contributed by atoms with van der Waals surface area (Å²) in [6.07, 6.45) is 3.44. The van der Waals surface area contributed by atoms with Crippen LogP contribution in [0.15, 0.2) is 48.1 Å². The Bertz CT molecular complexity index is 699. The minimum Gasteiger partial charge on any atom is -0.497 e. The van der Waals surface area contributed by atoms with Crippen molar-refractivity contribution in [2.24, 2.45) is 0 Å². The smallest absolute Gasteiger partial charge is 0.188 e. The number of ether oxygens (including phenoxy) is 1. The molecule has 0 saturated heterocycles. The van der Waals surface area contributed by atoms with Gasteiger partial charge in [-0.05, 0) is 18.2 Å². The number of anilines is 2. The lowest BCUT2D eigenvalue weighted by Crippen LogP contribution is -1.94. The van der Waals surface area contributed by atoms with Crippen molar-refractivity contribution in [3.05, 3.63) is 48.1 Å². The van der Waals surface area contributed by atoms with Crippen molar-refractivity contribution in [3.63, 3.8) is 0 Å². The van der Waals surface area contributed by atoms with Crippen molar-refractivity contribution >= 4 is 22.3 Å². The highest BCUT2D eigenvalue weighted by Crippen LogP contribution is 2.26. The van der Waals surface area contributed by atoms with E-state index in [1.807, 2.05) is 29.6 Å². The Morgan fingerprint density at radius 1 is 1.10 bits per heavy atom. The number of rotatable bonds is 4. The van der Waals surface area contributed by atoms with Gasteiger partial charge in [-0.25, -0.2) is 9.97 Å². The van der Waals surface area contributed by atoms with E-state index in [9.17, 15) is 0 Å². The molecule has 0 spiro atoms. The molecule has 0 aliphatic carbocycles. The van der Waals surface area contributed by atoms with Crippen molar-refractivity contribution in [2.45, 2.75) is 0 Å². The zero-order valence-electron chi connectivity index (χ0n) is 10.8. The number of methoxy groups -OCH3 is 1. The molecule has 0 atom stereocenters. The van der Waals surface area contributed by atoms with Crippen LogP contribution in [-0.4, -0.2) is 22.1 Å². The zero-order chi connectivity index (χ0) is 13.8. The molecule has 6 heteroatoms. The largest absolute Gasteiger partial charge is 0.497 e. The van der Waals surface area contributed by atoms with E-state index in [4.69, 9.17) is 4.74 Å². The van der Waals surface area contributed by atoms with Crippen LogP contribution in [-0.2, 0) is 0 Å². The third-order valence-corrected chi connectivity index (χ3v) is 3.39. The second-order valence-electron chi connectivity index (χ2n) is 3.96. The fourth-order valence-electron chi connectivity index (χ4n) is 1.68. The molecule has 0 aliphatic heterocycles. The highest BCUT2D eigenvalue weighted by atomic mass is 32.1. The van der Waals surface area contributed by atoms with Gasteiger partial charge in [-0.15, -0.1) is 11.3 Å². The summed E-state index contributed by atoms with van der Waals surface area (Å²) >= 11 is 1.51. The number of nitrogens with one attached hydrogen (secondary N) is 1. The van der Waals surface area contributed by atoms with E-state index in [2.05, 4.69) is 20.3 Å². The summed E-state index contributed by atoms with van der Waals surface area (Å²) in [5.41, 5.74) is 1.70. The van der Waals surface area contributed by atoms with Crippen LogP contribution in [0.2, 0.25) is 0 Å². The summed E-state index contributed by atoms with van der Waals surface area (Å²) in [5, 5.41) is 5.89. The van der Waals surface area contributed by atoms with Crippen molar-refractivity contribution < 1.29 is 4.74 Å². The van der Waals surface area contributed by atoms with Gasteiger partial charge in [0.25, 0.3) is 0 Å². The van der Waals surface area contributed by atoms with Gasteiger partial charge in [-0.1, -0.05) is 6.07 Å². The Morgan fingerprint density at radius 2 is 2.05 bits per heavy atom. The molecule has 3 rings (SSSR count). The van der Waals surface area contributed by atoms with Crippen molar-refractivity contribution in [1.82, 2.24) is 15.0 Å². The van der Waals surface area contributed by atoms with Crippen LogP contribution in [0.3, 0.4) is 0 Å². The molecule has 1 N–H and O–H groups in total. The second kappa shape index (κ2) is 5.66. The Balaban J connectivity index is 1.80. The van der Waals surface area contributed by atoms with E-state index in [1.54, 1.807) is 25.6 Å². The molecule has 3 aromatic rings. The van der Waals surface area contributed by atoms with Crippen molar-refractivity contribution in [2.75, 3.05) is 12.4 Å². The Kier molecular flexibility index (Phi) is 3.56. The average Bonchev–Trinajstić information content (AvgIpc) is 2.97. The standard InChI is InChI=1S/C14H12N4OS/c1-19-10-5-7-16-13(8-10)18-14-17-12(9-20-14)11-4-2-3-6-15-11/h2-9H,1H3,(H,16,17,18). The van der Waals surface area contributed by atoms with Gasteiger partial charge in [0.05, 0.1) is 12.8 Å². The highest BCUT2D eigenvalue weighted by molar-refractivity contribution is 7.14. The van der Waals surface area contributed by atoms with E-state index >= 15 is 0 Å². The lowest BCUT2D eigenvalue weighted by molar-refractivity contribution is 0.414. The van der Waals surface area contributed by atoms with Crippen LogP contribution in [0.25, 0.3) is 11.4 Å². The number of thiazole rings is 1. The topological polar surface area (TPSA) is 59.9 Å². The van der Waals surface area contributed by atoms with Crippen LogP contribution < -0.4 is 10.1 Å². The van der Waals surface area contributed by atoms with E-state index in [0.717, 1.165) is 22.3 Å². The zero-order valence-corrected chi connectivity index (χ0v) is 11.6. The molecule has 0 saturated carbocycles. The minimum absolute atomic E-state index is 0.700. The maximum atomic E-state index is 5.16. The third kappa shape index (κ3) is 2.75. The van der Waals surface area contributed by atoms with Gasteiger partial charge >= 0.3 is 0 Å². The predicted octanol–water partition coefficient (Wildman–Crippen LogP) is 3.35. The number of pyridine rings is 2. The molecule has 0 radical (unpaired) electrons. The summed E-state index contributed by atoms with van der Waals surface area (Å²) in [6, 6.07) is 9.38. The first kappa shape index (κ1) is 12.6. The van der Waals surface area contributed by atoms with Gasteiger partial charge in [0.2, 0.25) is 0 Å². The van der Waals surface area contributed by atoms with E-state index in [0.29, 0.717) is 5.82 Å². The second-order valence-corrected chi connectivity index (χ2v) is 4.82. The fraction of sp³-hybridized carbons (Fsp3) is 0.0714. The first-order chi connectivity index (χ1) is 9.85. The molecule has 0 unspecified atom stereocenters. The van der Waals surface area contributed by atoms with Crippen LogP contribution in [0, 0.1) is 0 Å². The molecule has 0 aliphatic rings. The number of hydrogen-bond donors (Lipinski definition) is 1. The van der Waals surface area contributed by atoms with Gasteiger partial charge in [0, 0.05) is 23.8 Å². The van der Waals surface area contributed by atoms with Crippen molar-refractivity contribution in [1.29, 1.82) is 0 Å². The predicted molar refractivity (Wildman–Crippen MR) is 79.4 cm³/mol. The monoisotopic (exact) mass is 284 g/mol. The molecule has 100 valence electrons. The Hall–Kier alpha value is -2.47. The van der Waals surface area contributed by atoms with Gasteiger partial charge in [-0.2, -0.15) is 0 Å². The molecular formula is C14H12N4OS. The van der Waals surface area contributed by atoms with E-state index in [-0.39, 0.29) is 0 Å². The van der Waals surface area contributed by atoms with Crippen LogP contribution >= 0.6 is 11.3 Å². The SMILES string of the molecule is COc1ccnc(Nc2nc(-c3ccccn3)cs2)c1. The lowest BCUT2D eigenvalue weighted by atomic mass is 10.3. The maximum absolute atomic E-state index is 5.16. The highest BCUT2D eigenvalue weighted by Gasteiger charge is 2.06. The van der Waals surface area contributed by atoms with E-state index < -0.39 is 0 Å². The number of hydrogen-bond acceptors (Lipinski definition) is 6. The lowest BCUT2D eigenvalue weighted by Gasteiger charge is -2.03. The van der Waals surface area contributed by atoms with Gasteiger partial charge < -0.3 is 10.1 Å². The quantitative estimate of drug-likeness (QED) is 0.796. The Morgan fingerprint density at radius 3 is 2.85 bits per heavy atom. The molecule has 0 bridgehead atoms. The van der Waals surface area contributed by atoms with Crippen LogP contribution in [0.5, 0.6) is 5.75 Å². The molecule has 3 aromatic heterocycles. The maximum Gasteiger partial charge on any atom is 0.188 e. The summed E-state index contributed by atoms with van der Waals surface area (Å²) < 4.78 is 5.16. The minimum atomic E-state index is 0.700. The third-order valence-electron chi connectivity index (χ3n) is 2.63. The number of nitrogens with zero attached hydrogens (tertiary/aromatic N) is 3. The first-order valence-corrected chi connectivity index (χ1v) is 6.87. The number of aromatic nitrogens is 3. The van der Waals surface area contributed by atoms with Gasteiger partial charge in [-0.3, -0.25) is 4.98 Å². The van der Waals surface area contributed by atoms with Crippen LogP contribution in [0.1, 0.15) is 0 Å². The molecular weight excluding hydrogens is 272 g/mol. The Labute approximate surface area is 120 Å². The average molecular weight is 284 g/mol. The van der Waals surface area contributed by atoms with Crippen LogP contribution in [0.4, 0.5) is 10.9 Å². The fourth-order valence-corrected chi connectivity index (χ4v) is 2.39. The van der Waals surface area contributed by atoms with Gasteiger partial charge in [0.1, 0.15) is 17.3 Å². The summed E-state index contributed by atoms with van der Waals surface area (Å²) in [5.74, 6) is 1.45. The molecule has 5 nitrogen and oxygen atoms in total. The van der Waals surface area contributed by atoms with Gasteiger partial charge in [0.15, 0.2) is 5.13 Å². The summed E-state index contributed by atoms with van der Waals surface area (Å²) in [7, 11) is 1.63. The summed E-state index contributed by atoms with van der Waals surface area (Å²) in [6.45, 7) is 0. The molecule has 0 aromatic carbocycles. The molecule has 20 heavy (non-hydrogen) atoms. The summed E-state index contributed by atoms with van der Waals surface area (Å²) in [4.78, 5) is 13.0. The molecule has 3 heterocycles. The first-order valence-electron chi connectivity index (χ1n) is 5.99. The van der Waals surface area contributed by atoms with Crippen molar-refractivity contribution in [3.8, 4) is 17.1 Å².